The number of nitrogens with one attached hydrogen (secondary N) is 1. The first-order valence-electron chi connectivity index (χ1n) is 5.20. The minimum Gasteiger partial charge on any atom is -0.316 e. The molecule has 0 saturated heterocycles. The number of pyridine rings is 1. The molecule has 0 unspecified atom stereocenters. The second-order valence-electron chi connectivity index (χ2n) is 3.42. The number of aromatic nitrogens is 1. The first-order chi connectivity index (χ1) is 7.90. The quantitative estimate of drug-likeness (QED) is 0.874. The summed E-state index contributed by atoms with van der Waals surface area (Å²) in [5.41, 5.74) is 1.33. The maximum absolute atomic E-state index is 4.02. The maximum Gasteiger partial charge on any atom is 0.0279 e. The van der Waals surface area contributed by atoms with Crippen LogP contribution in [0.25, 0.3) is 0 Å². The summed E-state index contributed by atoms with van der Waals surface area (Å²) in [7, 11) is 1.97. The summed E-state index contributed by atoms with van der Waals surface area (Å²) in [6, 6.07) is 12.5. The van der Waals surface area contributed by atoms with Gasteiger partial charge in [-0.05, 0) is 30.8 Å². The summed E-state index contributed by atoms with van der Waals surface area (Å²) in [6.45, 7) is 0.897. The van der Waals surface area contributed by atoms with Gasteiger partial charge >= 0.3 is 0 Å². The van der Waals surface area contributed by atoms with Crippen LogP contribution < -0.4 is 5.32 Å². The zero-order chi connectivity index (χ0) is 11.2. The highest BCUT2D eigenvalue weighted by molar-refractivity contribution is 7.99. The Hall–Kier alpha value is -1.32. The maximum atomic E-state index is 4.02. The Labute approximate surface area is 100 Å². The highest BCUT2D eigenvalue weighted by atomic mass is 32.2. The van der Waals surface area contributed by atoms with E-state index in [0.29, 0.717) is 0 Å². The van der Waals surface area contributed by atoms with Crippen molar-refractivity contribution in [1.82, 2.24) is 10.3 Å². The molecule has 1 heterocycles. The Balaban J connectivity index is 2.21. The van der Waals surface area contributed by atoms with E-state index in [9.17, 15) is 0 Å². The van der Waals surface area contributed by atoms with E-state index in [-0.39, 0.29) is 0 Å². The second-order valence-corrected chi connectivity index (χ2v) is 4.54. The Kier molecular flexibility index (Phi) is 3.97. The van der Waals surface area contributed by atoms with Crippen molar-refractivity contribution in [3.05, 3.63) is 54.4 Å². The van der Waals surface area contributed by atoms with Crippen LogP contribution in [-0.2, 0) is 6.54 Å². The predicted molar refractivity (Wildman–Crippen MR) is 67.6 cm³/mol. The molecule has 1 aromatic carbocycles. The van der Waals surface area contributed by atoms with Gasteiger partial charge in [-0.2, -0.15) is 0 Å². The van der Waals surface area contributed by atoms with Crippen molar-refractivity contribution in [1.29, 1.82) is 0 Å². The number of nitrogens with zero attached hydrogens (tertiary/aromatic N) is 1. The number of hydrogen-bond acceptors (Lipinski definition) is 3. The van der Waals surface area contributed by atoms with Gasteiger partial charge in [0.25, 0.3) is 0 Å². The average molecular weight is 230 g/mol. The minimum atomic E-state index is 0.897. The SMILES string of the molecule is CNCc1ccccc1Sc1ccncc1. The third-order valence-corrected chi connectivity index (χ3v) is 3.34. The fraction of sp³-hybridized carbons (Fsp3) is 0.154. The Morgan fingerprint density at radius 3 is 2.62 bits per heavy atom. The van der Waals surface area contributed by atoms with E-state index in [1.54, 1.807) is 11.8 Å². The summed E-state index contributed by atoms with van der Waals surface area (Å²) in [5, 5.41) is 3.18. The molecule has 2 rings (SSSR count). The molecule has 0 amide bonds. The number of rotatable bonds is 4. The van der Waals surface area contributed by atoms with Crippen molar-refractivity contribution in [3.63, 3.8) is 0 Å². The Bertz CT molecular complexity index is 443. The van der Waals surface area contributed by atoms with Crippen LogP contribution >= 0.6 is 11.8 Å². The predicted octanol–water partition coefficient (Wildman–Crippen LogP) is 2.95. The molecule has 1 aromatic heterocycles. The lowest BCUT2D eigenvalue weighted by molar-refractivity contribution is 0.803. The molecule has 0 aliphatic heterocycles. The van der Waals surface area contributed by atoms with Crippen molar-refractivity contribution < 1.29 is 0 Å². The first-order valence-corrected chi connectivity index (χ1v) is 6.02. The monoisotopic (exact) mass is 230 g/mol. The zero-order valence-electron chi connectivity index (χ0n) is 9.18. The van der Waals surface area contributed by atoms with E-state index in [1.807, 2.05) is 31.6 Å². The van der Waals surface area contributed by atoms with Crippen LogP contribution in [0.15, 0.2) is 58.6 Å². The van der Waals surface area contributed by atoms with E-state index in [4.69, 9.17) is 0 Å². The number of hydrogen-bond donors (Lipinski definition) is 1. The van der Waals surface area contributed by atoms with Gasteiger partial charge < -0.3 is 5.32 Å². The third-order valence-electron chi connectivity index (χ3n) is 2.22. The molecule has 3 heteroatoms. The molecule has 82 valence electrons. The second kappa shape index (κ2) is 5.68. The summed E-state index contributed by atoms with van der Waals surface area (Å²) < 4.78 is 0. The highest BCUT2D eigenvalue weighted by Gasteiger charge is 2.02. The van der Waals surface area contributed by atoms with Crippen molar-refractivity contribution in [3.8, 4) is 0 Å². The van der Waals surface area contributed by atoms with Gasteiger partial charge in [0, 0.05) is 28.7 Å². The van der Waals surface area contributed by atoms with Gasteiger partial charge in [0.05, 0.1) is 0 Å². The van der Waals surface area contributed by atoms with Crippen LogP contribution in [0, 0.1) is 0 Å². The molecular formula is C13H14N2S. The lowest BCUT2D eigenvalue weighted by Crippen LogP contribution is -2.05. The van der Waals surface area contributed by atoms with E-state index < -0.39 is 0 Å². The van der Waals surface area contributed by atoms with E-state index >= 15 is 0 Å². The largest absolute Gasteiger partial charge is 0.316 e. The van der Waals surface area contributed by atoms with Gasteiger partial charge in [-0.1, -0.05) is 30.0 Å². The summed E-state index contributed by atoms with van der Waals surface area (Å²) in [4.78, 5) is 6.54. The van der Waals surface area contributed by atoms with Crippen molar-refractivity contribution in [2.24, 2.45) is 0 Å². The Morgan fingerprint density at radius 2 is 1.88 bits per heavy atom. The summed E-state index contributed by atoms with van der Waals surface area (Å²) in [6.07, 6.45) is 3.64. The van der Waals surface area contributed by atoms with Crippen LogP contribution in [-0.4, -0.2) is 12.0 Å². The molecule has 0 saturated carbocycles. The molecule has 0 spiro atoms. The van der Waals surface area contributed by atoms with Crippen LogP contribution in [0.4, 0.5) is 0 Å². The standard InChI is InChI=1S/C13H14N2S/c1-14-10-11-4-2-3-5-13(11)16-12-6-8-15-9-7-12/h2-9,14H,10H2,1H3. The van der Waals surface area contributed by atoms with E-state index in [1.165, 1.54) is 15.4 Å². The van der Waals surface area contributed by atoms with E-state index in [0.717, 1.165) is 6.54 Å². The molecule has 16 heavy (non-hydrogen) atoms. The molecular weight excluding hydrogens is 216 g/mol. The molecule has 0 aliphatic carbocycles. The lowest BCUT2D eigenvalue weighted by Gasteiger charge is -2.08. The average Bonchev–Trinajstić information content (AvgIpc) is 2.33. The third kappa shape index (κ3) is 2.84. The van der Waals surface area contributed by atoms with Crippen molar-refractivity contribution >= 4 is 11.8 Å². The van der Waals surface area contributed by atoms with Crippen LogP contribution in [0.2, 0.25) is 0 Å². The van der Waals surface area contributed by atoms with Gasteiger partial charge in [0.1, 0.15) is 0 Å². The Morgan fingerprint density at radius 1 is 1.12 bits per heavy atom. The molecule has 0 bridgehead atoms. The molecule has 0 fully saturated rings. The number of benzene rings is 1. The van der Waals surface area contributed by atoms with Gasteiger partial charge in [-0.15, -0.1) is 0 Å². The molecule has 1 N–H and O–H groups in total. The fourth-order valence-electron chi connectivity index (χ4n) is 1.47. The molecule has 0 atom stereocenters. The van der Waals surface area contributed by atoms with Gasteiger partial charge in [-0.3, -0.25) is 4.98 Å². The van der Waals surface area contributed by atoms with Crippen LogP contribution in [0.3, 0.4) is 0 Å². The molecule has 2 aromatic rings. The van der Waals surface area contributed by atoms with Crippen molar-refractivity contribution in [2.45, 2.75) is 16.3 Å². The minimum absolute atomic E-state index is 0.897. The molecule has 0 radical (unpaired) electrons. The van der Waals surface area contributed by atoms with Crippen LogP contribution in [0.5, 0.6) is 0 Å². The zero-order valence-corrected chi connectivity index (χ0v) is 10.00. The summed E-state index contributed by atoms with van der Waals surface area (Å²) >= 11 is 1.77. The molecule has 2 nitrogen and oxygen atoms in total. The summed E-state index contributed by atoms with van der Waals surface area (Å²) in [5.74, 6) is 0. The van der Waals surface area contributed by atoms with Crippen LogP contribution in [0.1, 0.15) is 5.56 Å². The first kappa shape index (κ1) is 11.2. The van der Waals surface area contributed by atoms with E-state index in [2.05, 4.69) is 34.6 Å². The highest BCUT2D eigenvalue weighted by Crippen LogP contribution is 2.29. The van der Waals surface area contributed by atoms with Gasteiger partial charge in [0.2, 0.25) is 0 Å². The topological polar surface area (TPSA) is 24.9 Å². The fourth-order valence-corrected chi connectivity index (χ4v) is 2.40. The van der Waals surface area contributed by atoms with Crippen molar-refractivity contribution in [2.75, 3.05) is 7.05 Å². The van der Waals surface area contributed by atoms with Gasteiger partial charge in [0.15, 0.2) is 0 Å². The lowest BCUT2D eigenvalue weighted by atomic mass is 10.2. The smallest absolute Gasteiger partial charge is 0.0279 e. The normalized spacial score (nSPS) is 10.3. The molecule has 0 aliphatic rings. The van der Waals surface area contributed by atoms with Gasteiger partial charge in [-0.25, -0.2) is 0 Å².